The minimum atomic E-state index is -0.317. The second-order valence-corrected chi connectivity index (χ2v) is 6.15. The summed E-state index contributed by atoms with van der Waals surface area (Å²) in [4.78, 5) is 28.4. The Kier molecular flexibility index (Phi) is 3.80. The predicted octanol–water partition coefficient (Wildman–Crippen LogP) is 1.95. The summed E-state index contributed by atoms with van der Waals surface area (Å²) in [5.41, 5.74) is 1.15. The average molecular weight is 338 g/mol. The van der Waals surface area contributed by atoms with Gasteiger partial charge in [-0.1, -0.05) is 24.3 Å². The highest BCUT2D eigenvalue weighted by atomic mass is 16.6. The van der Waals surface area contributed by atoms with Crippen molar-refractivity contribution in [2.24, 2.45) is 0 Å². The number of hydrogen-bond acceptors (Lipinski definition) is 4. The first kappa shape index (κ1) is 15.5. The monoisotopic (exact) mass is 338 g/mol. The Bertz CT molecular complexity index is 836. The third-order valence-electron chi connectivity index (χ3n) is 4.47. The summed E-state index contributed by atoms with van der Waals surface area (Å²) in [6.07, 6.45) is -0.317. The summed E-state index contributed by atoms with van der Waals surface area (Å²) in [6, 6.07) is 14.6. The molecular weight excluding hydrogens is 320 g/mol. The number of hydrogen-bond donors (Lipinski definition) is 0. The Morgan fingerprint density at radius 3 is 2.60 bits per heavy atom. The summed E-state index contributed by atoms with van der Waals surface area (Å²) in [5, 5.41) is 0. The van der Waals surface area contributed by atoms with Crippen molar-refractivity contribution in [3.8, 4) is 11.5 Å². The van der Waals surface area contributed by atoms with Gasteiger partial charge in [-0.05, 0) is 24.3 Å². The van der Waals surface area contributed by atoms with Crippen LogP contribution in [0.1, 0.15) is 10.4 Å². The number of ether oxygens (including phenoxy) is 2. The lowest BCUT2D eigenvalue weighted by molar-refractivity contribution is -0.119. The van der Waals surface area contributed by atoms with Gasteiger partial charge < -0.3 is 19.3 Å². The normalized spacial score (nSPS) is 19.5. The molecule has 0 fully saturated rings. The van der Waals surface area contributed by atoms with Crippen LogP contribution < -0.4 is 14.4 Å². The van der Waals surface area contributed by atoms with Crippen molar-refractivity contribution in [3.05, 3.63) is 54.1 Å². The third kappa shape index (κ3) is 2.80. The minimum absolute atomic E-state index is 0.0194. The highest BCUT2D eigenvalue weighted by Crippen LogP contribution is 2.31. The third-order valence-corrected chi connectivity index (χ3v) is 4.47. The van der Waals surface area contributed by atoms with Gasteiger partial charge >= 0.3 is 0 Å². The van der Waals surface area contributed by atoms with Crippen molar-refractivity contribution in [2.75, 3.05) is 31.6 Å². The zero-order valence-corrected chi connectivity index (χ0v) is 13.8. The first-order valence-corrected chi connectivity index (χ1v) is 8.17. The standard InChI is InChI=1S/C19H18N2O4/c1-20-15-7-3-2-6-14(15)19(23)21(11-18(20)22)10-13-12-24-16-8-4-5-9-17(16)25-13/h2-9,13H,10-12H2,1H3/t13-/m0/s1. The van der Waals surface area contributed by atoms with E-state index in [2.05, 4.69) is 0 Å². The van der Waals surface area contributed by atoms with Crippen LogP contribution in [0.5, 0.6) is 11.5 Å². The van der Waals surface area contributed by atoms with Gasteiger partial charge in [-0.15, -0.1) is 0 Å². The Morgan fingerprint density at radius 1 is 1.04 bits per heavy atom. The number of carbonyl (C=O) groups excluding carboxylic acids is 2. The van der Waals surface area contributed by atoms with Crippen molar-refractivity contribution in [3.63, 3.8) is 0 Å². The van der Waals surface area contributed by atoms with Crippen molar-refractivity contribution >= 4 is 17.5 Å². The fraction of sp³-hybridized carbons (Fsp3) is 0.263. The lowest BCUT2D eigenvalue weighted by Gasteiger charge is -2.30. The average Bonchev–Trinajstić information content (AvgIpc) is 2.73. The highest BCUT2D eigenvalue weighted by molar-refractivity contribution is 6.09. The molecule has 2 aliphatic heterocycles. The Hall–Kier alpha value is -3.02. The fourth-order valence-corrected chi connectivity index (χ4v) is 3.14. The largest absolute Gasteiger partial charge is 0.486 e. The number of fused-ring (bicyclic) bond motifs is 2. The van der Waals surface area contributed by atoms with Crippen molar-refractivity contribution < 1.29 is 19.1 Å². The lowest BCUT2D eigenvalue weighted by atomic mass is 10.1. The van der Waals surface area contributed by atoms with Crippen LogP contribution in [0.4, 0.5) is 5.69 Å². The SMILES string of the molecule is CN1C(=O)CN(C[C@H]2COc3ccccc3O2)C(=O)c2ccccc21. The van der Waals surface area contributed by atoms with Gasteiger partial charge in [0.05, 0.1) is 17.8 Å². The van der Waals surface area contributed by atoms with E-state index in [9.17, 15) is 9.59 Å². The smallest absolute Gasteiger partial charge is 0.256 e. The molecule has 6 heteroatoms. The zero-order valence-electron chi connectivity index (χ0n) is 13.8. The molecule has 0 radical (unpaired) electrons. The molecule has 1 atom stereocenters. The van der Waals surface area contributed by atoms with Crippen molar-refractivity contribution in [2.45, 2.75) is 6.10 Å². The van der Waals surface area contributed by atoms with Crippen LogP contribution in [0.3, 0.4) is 0 Å². The number of nitrogens with zero attached hydrogens (tertiary/aromatic N) is 2. The quantitative estimate of drug-likeness (QED) is 0.840. The fourth-order valence-electron chi connectivity index (χ4n) is 3.14. The van der Waals surface area contributed by atoms with Crippen LogP contribution in [-0.4, -0.2) is 49.6 Å². The summed E-state index contributed by atoms with van der Waals surface area (Å²) in [5.74, 6) is 1.05. The van der Waals surface area contributed by atoms with E-state index < -0.39 is 0 Å². The van der Waals surface area contributed by atoms with Crippen LogP contribution >= 0.6 is 0 Å². The molecule has 6 nitrogen and oxygen atoms in total. The molecule has 0 aliphatic carbocycles. The Balaban J connectivity index is 1.57. The highest BCUT2D eigenvalue weighted by Gasteiger charge is 2.32. The topological polar surface area (TPSA) is 59.1 Å². The maximum atomic E-state index is 12.9. The second-order valence-electron chi connectivity index (χ2n) is 6.15. The van der Waals surface area contributed by atoms with E-state index in [-0.39, 0.29) is 24.5 Å². The summed E-state index contributed by atoms with van der Waals surface area (Å²) in [6.45, 7) is 0.652. The van der Waals surface area contributed by atoms with E-state index in [1.54, 1.807) is 25.2 Å². The Labute approximate surface area is 145 Å². The van der Waals surface area contributed by atoms with Gasteiger partial charge in [0.1, 0.15) is 13.2 Å². The molecule has 0 saturated carbocycles. The molecule has 25 heavy (non-hydrogen) atoms. The minimum Gasteiger partial charge on any atom is -0.486 e. The summed E-state index contributed by atoms with van der Waals surface area (Å²) in [7, 11) is 1.69. The van der Waals surface area contributed by atoms with Crippen LogP contribution in [0.2, 0.25) is 0 Å². The number of anilines is 1. The summed E-state index contributed by atoms with van der Waals surface area (Å²) < 4.78 is 11.6. The van der Waals surface area contributed by atoms with E-state index in [4.69, 9.17) is 9.47 Å². The van der Waals surface area contributed by atoms with Crippen LogP contribution in [-0.2, 0) is 4.79 Å². The summed E-state index contributed by atoms with van der Waals surface area (Å²) >= 11 is 0. The van der Waals surface area contributed by atoms with Crippen LogP contribution in [0.15, 0.2) is 48.5 Å². The van der Waals surface area contributed by atoms with Gasteiger partial charge in [0.25, 0.3) is 5.91 Å². The molecule has 128 valence electrons. The van der Waals surface area contributed by atoms with E-state index in [0.29, 0.717) is 35.9 Å². The van der Waals surface area contributed by atoms with Gasteiger partial charge in [0, 0.05) is 7.05 Å². The maximum absolute atomic E-state index is 12.9. The molecule has 0 unspecified atom stereocenters. The predicted molar refractivity (Wildman–Crippen MR) is 92.1 cm³/mol. The molecular formula is C19H18N2O4. The van der Waals surface area contributed by atoms with E-state index in [1.165, 1.54) is 9.80 Å². The number of amides is 2. The molecule has 0 saturated heterocycles. The molecule has 2 aromatic carbocycles. The van der Waals surface area contributed by atoms with Crippen LogP contribution in [0, 0.1) is 0 Å². The van der Waals surface area contributed by atoms with Gasteiger partial charge in [0.15, 0.2) is 17.6 Å². The zero-order chi connectivity index (χ0) is 17.4. The first-order chi connectivity index (χ1) is 12.1. The molecule has 2 aromatic rings. The van der Waals surface area contributed by atoms with Gasteiger partial charge in [-0.2, -0.15) is 0 Å². The van der Waals surface area contributed by atoms with Gasteiger partial charge in [-0.25, -0.2) is 0 Å². The maximum Gasteiger partial charge on any atom is 0.256 e. The number of rotatable bonds is 2. The van der Waals surface area contributed by atoms with Crippen LogP contribution in [0.25, 0.3) is 0 Å². The molecule has 2 heterocycles. The van der Waals surface area contributed by atoms with E-state index in [1.807, 2.05) is 30.3 Å². The molecule has 0 aromatic heterocycles. The Morgan fingerprint density at radius 2 is 1.76 bits per heavy atom. The van der Waals surface area contributed by atoms with Crippen molar-refractivity contribution in [1.29, 1.82) is 0 Å². The van der Waals surface area contributed by atoms with Crippen molar-refractivity contribution in [1.82, 2.24) is 4.90 Å². The van der Waals surface area contributed by atoms with Gasteiger partial charge in [0.2, 0.25) is 5.91 Å². The molecule has 2 aliphatic rings. The first-order valence-electron chi connectivity index (χ1n) is 8.17. The molecule has 0 spiro atoms. The lowest BCUT2D eigenvalue weighted by Crippen LogP contribution is -2.46. The molecule has 0 bridgehead atoms. The molecule has 4 rings (SSSR count). The molecule has 2 amide bonds. The number of carbonyl (C=O) groups is 2. The van der Waals surface area contributed by atoms with Gasteiger partial charge in [-0.3, -0.25) is 9.59 Å². The number of likely N-dealkylation sites (N-methyl/N-ethyl adjacent to an activating group) is 1. The molecule has 0 N–H and O–H groups in total. The van der Waals surface area contributed by atoms with E-state index in [0.717, 1.165) is 0 Å². The van der Waals surface area contributed by atoms with E-state index >= 15 is 0 Å². The number of para-hydroxylation sites is 3. The second kappa shape index (κ2) is 6.12. The number of benzene rings is 2.